The van der Waals surface area contributed by atoms with Crippen molar-refractivity contribution in [2.45, 2.75) is 33.9 Å². The number of aryl methyl sites for hydroxylation is 4. The monoisotopic (exact) mass is 937 g/mol. The van der Waals surface area contributed by atoms with Crippen LogP contribution in [-0.4, -0.2) is 9.13 Å². The van der Waals surface area contributed by atoms with Crippen LogP contribution in [0.25, 0.3) is 111 Å². The molecular weight excluding hydrogens is 892 g/mol. The molecule has 2 aromatic heterocycles. The summed E-state index contributed by atoms with van der Waals surface area (Å²) in [5, 5.41) is 15.1. The second kappa shape index (κ2) is 17.2. The molecule has 12 rings (SSSR count). The first-order chi connectivity index (χ1) is 35.0. The standard InChI is InChI=1S/C66H46F3N3/c1-40-15-5-9-19-49(40)44-25-29-60-55(33-44)56-34-45(50-20-10-6-16-41(50)2)26-30-61(56)71(60)64-37-48(39-70)54(53-23-13-14-24-59(53)66(67,68)69)38-65(64)72-62-31-27-46(51-21-11-7-17-42(51)3)35-57(62)58-36-47(28-32-63(58)72)52-22-12-8-18-43(52)4/h5-38H,1-4H3. The van der Waals surface area contributed by atoms with Crippen LogP contribution in [-0.2, 0) is 6.18 Å². The van der Waals surface area contributed by atoms with E-state index in [2.05, 4.69) is 188 Å². The van der Waals surface area contributed by atoms with Crippen molar-refractivity contribution in [3.8, 4) is 73.1 Å². The van der Waals surface area contributed by atoms with Crippen molar-refractivity contribution in [3.63, 3.8) is 0 Å². The molecule has 0 saturated heterocycles. The Labute approximate surface area is 415 Å². The Kier molecular flexibility index (Phi) is 10.6. The number of hydrogen-bond donors (Lipinski definition) is 0. The maximum Gasteiger partial charge on any atom is 0.417 e. The van der Waals surface area contributed by atoms with Gasteiger partial charge in [-0.25, -0.2) is 0 Å². The number of hydrogen-bond acceptors (Lipinski definition) is 1. The highest BCUT2D eigenvalue weighted by Gasteiger charge is 2.34. The average molecular weight is 938 g/mol. The molecule has 0 spiro atoms. The van der Waals surface area contributed by atoms with Gasteiger partial charge in [-0.05, 0) is 167 Å². The first kappa shape index (κ1) is 44.3. The first-order valence-electron chi connectivity index (χ1n) is 24.1. The van der Waals surface area contributed by atoms with E-state index in [-0.39, 0.29) is 16.7 Å². The van der Waals surface area contributed by atoms with Crippen molar-refractivity contribution < 1.29 is 13.2 Å². The lowest BCUT2D eigenvalue weighted by molar-refractivity contribution is -0.137. The largest absolute Gasteiger partial charge is 0.417 e. The number of nitrogens with zero attached hydrogens (tertiary/aromatic N) is 3. The summed E-state index contributed by atoms with van der Waals surface area (Å²) in [5.74, 6) is 0. The molecule has 346 valence electrons. The molecule has 0 saturated carbocycles. The summed E-state index contributed by atoms with van der Waals surface area (Å²) < 4.78 is 49.7. The van der Waals surface area contributed by atoms with Crippen LogP contribution in [0.5, 0.6) is 0 Å². The van der Waals surface area contributed by atoms with E-state index in [1.165, 1.54) is 12.1 Å². The molecule has 0 amide bonds. The Balaban J connectivity index is 1.23. The highest BCUT2D eigenvalue weighted by Crippen LogP contribution is 2.46. The zero-order chi connectivity index (χ0) is 49.4. The minimum absolute atomic E-state index is 0.0632. The zero-order valence-corrected chi connectivity index (χ0v) is 40.1. The number of fused-ring (bicyclic) bond motifs is 6. The molecule has 2 heterocycles. The smallest absolute Gasteiger partial charge is 0.307 e. The minimum Gasteiger partial charge on any atom is -0.307 e. The lowest BCUT2D eigenvalue weighted by Gasteiger charge is -2.21. The molecule has 12 aromatic rings. The summed E-state index contributed by atoms with van der Waals surface area (Å²) in [5.41, 5.74) is 17.5. The van der Waals surface area contributed by atoms with Gasteiger partial charge >= 0.3 is 6.18 Å². The number of aromatic nitrogens is 2. The summed E-state index contributed by atoms with van der Waals surface area (Å²) in [6.07, 6.45) is -4.68. The van der Waals surface area contributed by atoms with Crippen molar-refractivity contribution in [2.75, 3.05) is 0 Å². The normalized spacial score (nSPS) is 11.8. The molecule has 0 N–H and O–H groups in total. The molecule has 0 unspecified atom stereocenters. The van der Waals surface area contributed by atoms with Crippen LogP contribution in [0.15, 0.2) is 206 Å². The molecule has 0 radical (unpaired) electrons. The Morgan fingerprint density at radius 1 is 0.347 bits per heavy atom. The van der Waals surface area contributed by atoms with E-state index in [1.54, 1.807) is 12.1 Å². The quantitative estimate of drug-likeness (QED) is 0.157. The molecule has 10 aromatic carbocycles. The fraction of sp³-hybridized carbons (Fsp3) is 0.0758. The van der Waals surface area contributed by atoms with Crippen molar-refractivity contribution in [1.82, 2.24) is 9.13 Å². The molecule has 0 aliphatic carbocycles. The molecule has 0 atom stereocenters. The van der Waals surface area contributed by atoms with E-state index >= 15 is 13.2 Å². The van der Waals surface area contributed by atoms with Gasteiger partial charge in [-0.15, -0.1) is 0 Å². The van der Waals surface area contributed by atoms with Crippen LogP contribution in [0, 0.1) is 39.0 Å². The van der Waals surface area contributed by atoms with Gasteiger partial charge in [-0.1, -0.05) is 140 Å². The van der Waals surface area contributed by atoms with Gasteiger partial charge in [0, 0.05) is 27.1 Å². The molecule has 0 bridgehead atoms. The van der Waals surface area contributed by atoms with Crippen molar-refractivity contribution in [2.24, 2.45) is 0 Å². The lowest BCUT2D eigenvalue weighted by atomic mass is 9.94. The Morgan fingerprint density at radius 3 is 0.972 bits per heavy atom. The van der Waals surface area contributed by atoms with Gasteiger partial charge < -0.3 is 9.13 Å². The SMILES string of the molecule is Cc1ccccc1-c1ccc2c(c1)c1cc(-c3ccccc3C)ccc1n2-c1cc(C#N)c(-c2ccccc2C(F)(F)F)cc1-n1c2ccc(-c3ccccc3C)cc2c2cc(-c3ccccc3C)ccc21. The summed E-state index contributed by atoms with van der Waals surface area (Å²) in [4.78, 5) is 0. The number of alkyl halides is 3. The average Bonchev–Trinajstić information content (AvgIpc) is 3.89. The molecule has 6 heteroatoms. The summed E-state index contributed by atoms with van der Waals surface area (Å²) in [6.45, 7) is 8.46. The summed E-state index contributed by atoms with van der Waals surface area (Å²) in [7, 11) is 0. The van der Waals surface area contributed by atoms with Crippen LogP contribution >= 0.6 is 0 Å². The van der Waals surface area contributed by atoms with Crippen LogP contribution in [0.2, 0.25) is 0 Å². The Bertz CT molecular complexity index is 4010. The third kappa shape index (κ3) is 7.28. The van der Waals surface area contributed by atoms with Crippen molar-refractivity contribution in [1.29, 1.82) is 5.26 Å². The molecule has 0 aliphatic rings. The van der Waals surface area contributed by atoms with Gasteiger partial charge in [-0.3, -0.25) is 0 Å². The second-order valence-electron chi connectivity index (χ2n) is 18.9. The second-order valence-corrected chi connectivity index (χ2v) is 18.9. The maximum absolute atomic E-state index is 15.1. The predicted molar refractivity (Wildman–Crippen MR) is 291 cm³/mol. The molecule has 0 aliphatic heterocycles. The molecule has 0 fully saturated rings. The third-order valence-electron chi connectivity index (χ3n) is 14.6. The Morgan fingerprint density at radius 2 is 0.653 bits per heavy atom. The number of nitriles is 1. The van der Waals surface area contributed by atoms with Crippen LogP contribution in [0.1, 0.15) is 33.4 Å². The zero-order valence-electron chi connectivity index (χ0n) is 40.1. The fourth-order valence-electron chi connectivity index (χ4n) is 11.0. The topological polar surface area (TPSA) is 33.6 Å². The van der Waals surface area contributed by atoms with Gasteiger partial charge in [0.25, 0.3) is 0 Å². The fourth-order valence-corrected chi connectivity index (χ4v) is 11.0. The highest BCUT2D eigenvalue weighted by molar-refractivity contribution is 6.14. The molecular formula is C66H46F3N3. The lowest BCUT2D eigenvalue weighted by Crippen LogP contribution is -2.09. The minimum atomic E-state index is -4.68. The van der Waals surface area contributed by atoms with E-state index < -0.39 is 11.7 Å². The van der Waals surface area contributed by atoms with Gasteiger partial charge in [0.1, 0.15) is 0 Å². The highest BCUT2D eigenvalue weighted by atomic mass is 19.4. The summed E-state index contributed by atoms with van der Waals surface area (Å²) in [6, 6.07) is 71.0. The number of rotatable bonds is 7. The van der Waals surface area contributed by atoms with Crippen molar-refractivity contribution >= 4 is 43.6 Å². The third-order valence-corrected chi connectivity index (χ3v) is 14.6. The van der Waals surface area contributed by atoms with Gasteiger partial charge in [0.15, 0.2) is 0 Å². The van der Waals surface area contributed by atoms with Gasteiger partial charge in [0.2, 0.25) is 0 Å². The van der Waals surface area contributed by atoms with E-state index in [1.807, 2.05) is 30.3 Å². The predicted octanol–water partition coefficient (Wildman–Crippen LogP) is 18.3. The van der Waals surface area contributed by atoms with E-state index in [9.17, 15) is 5.26 Å². The van der Waals surface area contributed by atoms with Crippen LogP contribution < -0.4 is 0 Å². The Hall–Kier alpha value is -8.92. The van der Waals surface area contributed by atoms with Crippen LogP contribution in [0.4, 0.5) is 13.2 Å². The molecule has 72 heavy (non-hydrogen) atoms. The maximum atomic E-state index is 15.1. The molecule has 3 nitrogen and oxygen atoms in total. The van der Waals surface area contributed by atoms with Crippen LogP contribution in [0.3, 0.4) is 0 Å². The van der Waals surface area contributed by atoms with E-state index in [0.717, 1.165) is 116 Å². The van der Waals surface area contributed by atoms with Crippen molar-refractivity contribution in [3.05, 3.63) is 240 Å². The number of benzene rings is 10. The van der Waals surface area contributed by atoms with E-state index in [4.69, 9.17) is 0 Å². The first-order valence-corrected chi connectivity index (χ1v) is 24.1. The van der Waals surface area contributed by atoms with E-state index in [0.29, 0.717) is 11.4 Å². The number of halogens is 3. The van der Waals surface area contributed by atoms with Gasteiger partial charge in [0.05, 0.1) is 50.6 Å². The summed E-state index contributed by atoms with van der Waals surface area (Å²) >= 11 is 0. The van der Waals surface area contributed by atoms with Gasteiger partial charge in [-0.2, -0.15) is 18.4 Å².